The molecular formula is C26H32N2O5S. The van der Waals surface area contributed by atoms with Crippen LogP contribution < -0.4 is 4.72 Å². The number of unbranched alkanes of at least 4 members (excludes halogenated alkanes) is 7. The number of hydrogen-bond donors (Lipinski definition) is 3. The molecule has 0 amide bonds. The lowest BCUT2D eigenvalue weighted by Crippen LogP contribution is -2.16. The van der Waals surface area contributed by atoms with Crippen LogP contribution in [-0.2, 0) is 10.0 Å². The summed E-state index contributed by atoms with van der Waals surface area (Å²) in [5.74, 6) is -1.21. The number of hydrogen-bond acceptors (Lipinski definition) is 5. The molecule has 0 radical (unpaired) electrons. The fraction of sp³-hybridized carbons (Fsp3) is 0.385. The SMILES string of the molecule is CCCCCCCCCCS(=O)(=O)Nc1cccc(-c2cc(C(=O)O)c3cccc(O)c3n2)c1. The zero-order valence-electron chi connectivity index (χ0n) is 19.5. The van der Waals surface area contributed by atoms with Crippen LogP contribution in [0, 0.1) is 0 Å². The lowest BCUT2D eigenvalue weighted by atomic mass is 10.0. The van der Waals surface area contributed by atoms with E-state index in [0.29, 0.717) is 28.8 Å². The molecule has 0 aliphatic carbocycles. The number of fused-ring (bicyclic) bond motifs is 1. The molecule has 0 saturated heterocycles. The molecule has 1 heterocycles. The van der Waals surface area contributed by atoms with Gasteiger partial charge < -0.3 is 10.2 Å². The average Bonchev–Trinajstić information content (AvgIpc) is 2.80. The molecular weight excluding hydrogens is 452 g/mol. The predicted molar refractivity (Wildman–Crippen MR) is 136 cm³/mol. The Hall–Kier alpha value is -3.13. The number of nitrogens with one attached hydrogen (secondary N) is 1. The van der Waals surface area contributed by atoms with Gasteiger partial charge in [-0.05, 0) is 30.7 Å². The third-order valence-corrected chi connectivity index (χ3v) is 7.12. The van der Waals surface area contributed by atoms with E-state index in [4.69, 9.17) is 0 Å². The minimum absolute atomic E-state index is 0.0107. The van der Waals surface area contributed by atoms with E-state index in [-0.39, 0.29) is 22.6 Å². The van der Waals surface area contributed by atoms with Gasteiger partial charge in [-0.2, -0.15) is 0 Å². The monoisotopic (exact) mass is 484 g/mol. The van der Waals surface area contributed by atoms with Crippen LogP contribution in [0.5, 0.6) is 5.75 Å². The fourth-order valence-corrected chi connectivity index (χ4v) is 5.13. The summed E-state index contributed by atoms with van der Waals surface area (Å²) in [6.07, 6.45) is 8.59. The van der Waals surface area contributed by atoms with Crippen molar-refractivity contribution < 1.29 is 23.4 Å². The van der Waals surface area contributed by atoms with Crippen molar-refractivity contribution in [1.29, 1.82) is 0 Å². The second kappa shape index (κ2) is 11.8. The van der Waals surface area contributed by atoms with Gasteiger partial charge in [0.05, 0.1) is 17.0 Å². The minimum atomic E-state index is -3.50. The number of carboxylic acid groups (broad SMARTS) is 1. The molecule has 0 spiro atoms. The Morgan fingerprint density at radius 1 is 0.941 bits per heavy atom. The molecule has 2 aromatic carbocycles. The minimum Gasteiger partial charge on any atom is -0.506 e. The molecule has 3 N–H and O–H groups in total. The first kappa shape index (κ1) is 25.5. The molecule has 1 aromatic heterocycles. The van der Waals surface area contributed by atoms with Crippen LogP contribution in [0.4, 0.5) is 5.69 Å². The fourth-order valence-electron chi connectivity index (χ4n) is 3.96. The standard InChI is InChI=1S/C26H32N2O5S/c1-2-3-4-5-6-7-8-9-16-34(32,33)28-20-13-10-12-19(17-20)23-18-22(26(30)31)21-14-11-15-24(29)25(21)27-23/h10-15,17-18,28-29H,2-9,16H2,1H3,(H,30,31). The predicted octanol–water partition coefficient (Wildman–Crippen LogP) is 6.19. The van der Waals surface area contributed by atoms with Gasteiger partial charge in [0, 0.05) is 16.6 Å². The number of aromatic carboxylic acids is 1. The van der Waals surface area contributed by atoms with E-state index in [1.807, 2.05) is 0 Å². The van der Waals surface area contributed by atoms with Gasteiger partial charge in [0.1, 0.15) is 11.3 Å². The number of anilines is 1. The van der Waals surface area contributed by atoms with Crippen LogP contribution in [0.1, 0.15) is 68.6 Å². The quantitative estimate of drug-likeness (QED) is 0.249. The van der Waals surface area contributed by atoms with E-state index in [0.717, 1.165) is 19.3 Å². The molecule has 0 atom stereocenters. The van der Waals surface area contributed by atoms with Crippen LogP contribution in [0.25, 0.3) is 22.2 Å². The summed E-state index contributed by atoms with van der Waals surface area (Å²) in [5.41, 5.74) is 1.44. The van der Waals surface area contributed by atoms with Gasteiger partial charge >= 0.3 is 5.97 Å². The Kier molecular flexibility index (Phi) is 8.87. The number of sulfonamides is 1. The third-order valence-electron chi connectivity index (χ3n) is 5.75. The van der Waals surface area contributed by atoms with E-state index in [1.165, 1.54) is 37.8 Å². The summed E-state index contributed by atoms with van der Waals surface area (Å²) < 4.78 is 27.7. The van der Waals surface area contributed by atoms with Crippen molar-refractivity contribution in [2.24, 2.45) is 0 Å². The number of phenols is 1. The van der Waals surface area contributed by atoms with Gasteiger partial charge in [-0.1, -0.05) is 76.1 Å². The smallest absolute Gasteiger partial charge is 0.336 e. The summed E-state index contributed by atoms with van der Waals surface area (Å²) in [5, 5.41) is 20.1. The number of aromatic nitrogens is 1. The molecule has 3 aromatic rings. The lowest BCUT2D eigenvalue weighted by Gasteiger charge is -2.11. The molecule has 0 unspecified atom stereocenters. The van der Waals surface area contributed by atoms with Gasteiger partial charge in [-0.3, -0.25) is 4.72 Å². The second-order valence-corrected chi connectivity index (χ2v) is 10.4. The van der Waals surface area contributed by atoms with Crippen LogP contribution in [0.3, 0.4) is 0 Å². The van der Waals surface area contributed by atoms with Crippen molar-refractivity contribution in [2.45, 2.75) is 58.3 Å². The van der Waals surface area contributed by atoms with Crippen LogP contribution >= 0.6 is 0 Å². The topological polar surface area (TPSA) is 117 Å². The number of aromatic hydroxyl groups is 1. The van der Waals surface area contributed by atoms with Crippen molar-refractivity contribution in [1.82, 2.24) is 4.98 Å². The first-order valence-electron chi connectivity index (χ1n) is 11.8. The molecule has 0 fully saturated rings. The highest BCUT2D eigenvalue weighted by molar-refractivity contribution is 7.92. The highest BCUT2D eigenvalue weighted by atomic mass is 32.2. The summed E-state index contributed by atoms with van der Waals surface area (Å²) >= 11 is 0. The van der Waals surface area contributed by atoms with E-state index < -0.39 is 16.0 Å². The Morgan fingerprint density at radius 2 is 1.62 bits per heavy atom. The molecule has 0 aliphatic heterocycles. The molecule has 34 heavy (non-hydrogen) atoms. The Balaban J connectivity index is 1.70. The number of carboxylic acids is 1. The summed E-state index contributed by atoms with van der Waals surface area (Å²) in [6, 6.07) is 12.7. The van der Waals surface area contributed by atoms with E-state index in [9.17, 15) is 23.4 Å². The maximum absolute atomic E-state index is 12.5. The molecule has 182 valence electrons. The molecule has 0 bridgehead atoms. The molecule has 8 heteroatoms. The Labute approximate surface area is 200 Å². The molecule has 7 nitrogen and oxygen atoms in total. The number of nitrogens with zero attached hydrogens (tertiary/aromatic N) is 1. The van der Waals surface area contributed by atoms with E-state index in [1.54, 1.807) is 36.4 Å². The third kappa shape index (κ3) is 6.93. The van der Waals surface area contributed by atoms with Crippen molar-refractivity contribution in [3.63, 3.8) is 0 Å². The van der Waals surface area contributed by atoms with E-state index in [2.05, 4.69) is 16.6 Å². The van der Waals surface area contributed by atoms with Gasteiger partial charge in [0.2, 0.25) is 10.0 Å². The van der Waals surface area contributed by atoms with E-state index >= 15 is 0 Å². The first-order chi connectivity index (χ1) is 16.3. The molecule has 0 aliphatic rings. The number of pyridine rings is 1. The summed E-state index contributed by atoms with van der Waals surface area (Å²) in [6.45, 7) is 2.18. The maximum atomic E-state index is 12.5. The van der Waals surface area contributed by atoms with Crippen LogP contribution in [0.15, 0.2) is 48.5 Å². The number of para-hydroxylation sites is 1. The van der Waals surface area contributed by atoms with Crippen molar-refractivity contribution >= 4 is 32.6 Å². The van der Waals surface area contributed by atoms with Gasteiger partial charge in [-0.15, -0.1) is 0 Å². The van der Waals surface area contributed by atoms with Crippen LogP contribution in [-0.4, -0.2) is 35.3 Å². The Bertz CT molecular complexity index is 1240. The van der Waals surface area contributed by atoms with Crippen molar-refractivity contribution in [3.05, 3.63) is 54.1 Å². The lowest BCUT2D eigenvalue weighted by molar-refractivity contribution is 0.0699. The van der Waals surface area contributed by atoms with Crippen molar-refractivity contribution in [3.8, 4) is 17.0 Å². The summed E-state index contributed by atoms with van der Waals surface area (Å²) in [4.78, 5) is 16.2. The number of benzene rings is 2. The van der Waals surface area contributed by atoms with Crippen LogP contribution in [0.2, 0.25) is 0 Å². The first-order valence-corrected chi connectivity index (χ1v) is 13.4. The maximum Gasteiger partial charge on any atom is 0.336 e. The van der Waals surface area contributed by atoms with Gasteiger partial charge in [-0.25, -0.2) is 18.2 Å². The second-order valence-electron chi connectivity index (χ2n) is 8.51. The Morgan fingerprint density at radius 3 is 2.32 bits per heavy atom. The van der Waals surface area contributed by atoms with Gasteiger partial charge in [0.15, 0.2) is 0 Å². The van der Waals surface area contributed by atoms with Crippen molar-refractivity contribution in [2.75, 3.05) is 10.5 Å². The molecule has 0 saturated carbocycles. The zero-order valence-corrected chi connectivity index (χ0v) is 20.3. The number of rotatable bonds is 13. The average molecular weight is 485 g/mol. The van der Waals surface area contributed by atoms with Gasteiger partial charge in [0.25, 0.3) is 0 Å². The highest BCUT2D eigenvalue weighted by Gasteiger charge is 2.16. The molecule has 3 rings (SSSR count). The largest absolute Gasteiger partial charge is 0.506 e. The number of carbonyl (C=O) groups is 1. The summed E-state index contributed by atoms with van der Waals surface area (Å²) in [7, 11) is -3.50. The normalized spacial score (nSPS) is 11.6. The highest BCUT2D eigenvalue weighted by Crippen LogP contribution is 2.31. The number of phenolic OH excluding ortho intramolecular Hbond substituents is 1. The zero-order chi connectivity index (χ0) is 24.6.